The fraction of sp³-hybridized carbons (Fsp3) is 0.300. The number of amides is 2. The number of nitrogens with one attached hydrogen (secondary N) is 2. The molecule has 5 nitrogen and oxygen atoms in total. The molecule has 2 aromatic carbocycles. The number of carbonyl (C=O) groups is 2. The molecular weight excluding hydrogens is 384 g/mol. The van der Waals surface area contributed by atoms with Crippen LogP contribution in [0.4, 0.5) is 5.69 Å². The highest BCUT2D eigenvalue weighted by Crippen LogP contribution is 2.18. The summed E-state index contributed by atoms with van der Waals surface area (Å²) in [5, 5.41) is 6.35. The quantitative estimate of drug-likeness (QED) is 0.585. The number of anilines is 1. The van der Waals surface area contributed by atoms with Crippen LogP contribution in [-0.4, -0.2) is 37.8 Å². The zero-order valence-corrected chi connectivity index (χ0v) is 16.7. The molecule has 2 amide bonds. The minimum Gasteiger partial charge on any atom is -0.385 e. The fourth-order valence-electron chi connectivity index (χ4n) is 2.33. The molecule has 0 unspecified atom stereocenters. The Hall–Kier alpha value is -2.02. The monoisotopic (exact) mass is 406 g/mol. The number of methoxy groups -OCH3 is 1. The molecule has 0 bridgehead atoms. The van der Waals surface area contributed by atoms with Gasteiger partial charge in [-0.1, -0.05) is 35.9 Å². The van der Waals surface area contributed by atoms with Gasteiger partial charge in [0.15, 0.2) is 0 Å². The van der Waals surface area contributed by atoms with Gasteiger partial charge in [-0.3, -0.25) is 9.59 Å². The van der Waals surface area contributed by atoms with Gasteiger partial charge in [-0.25, -0.2) is 0 Å². The number of para-hydroxylation sites is 1. The second-order valence-corrected chi connectivity index (χ2v) is 7.24. The highest BCUT2D eigenvalue weighted by molar-refractivity contribution is 7.99. The van der Waals surface area contributed by atoms with Gasteiger partial charge in [-0.15, -0.1) is 11.8 Å². The van der Waals surface area contributed by atoms with Crippen LogP contribution in [0, 0.1) is 0 Å². The lowest BCUT2D eigenvalue weighted by Crippen LogP contribution is -2.27. The minimum absolute atomic E-state index is 0.145. The van der Waals surface area contributed by atoms with Gasteiger partial charge in [0.05, 0.1) is 17.0 Å². The van der Waals surface area contributed by atoms with Crippen molar-refractivity contribution in [1.29, 1.82) is 0 Å². The number of halogens is 1. The zero-order valence-electron chi connectivity index (χ0n) is 15.2. The van der Waals surface area contributed by atoms with Crippen molar-refractivity contribution in [3.63, 3.8) is 0 Å². The topological polar surface area (TPSA) is 67.4 Å². The van der Waals surface area contributed by atoms with E-state index in [9.17, 15) is 9.59 Å². The molecule has 0 heterocycles. The minimum atomic E-state index is -0.212. The molecule has 0 fully saturated rings. The average molecular weight is 407 g/mol. The first-order valence-electron chi connectivity index (χ1n) is 8.58. The molecule has 27 heavy (non-hydrogen) atoms. The standard InChI is InChI=1S/C20H23ClN2O3S/c1-26-12-4-11-22-20(25)17-5-2-3-6-18(17)23-19(24)14-27-13-15-7-9-16(21)10-8-15/h2-3,5-10H,4,11-14H2,1H3,(H,22,25)(H,23,24). The van der Waals surface area contributed by atoms with Crippen molar-refractivity contribution in [2.45, 2.75) is 12.2 Å². The predicted octanol–water partition coefficient (Wildman–Crippen LogP) is 3.98. The van der Waals surface area contributed by atoms with Crippen molar-refractivity contribution >= 4 is 40.9 Å². The molecule has 0 saturated heterocycles. The smallest absolute Gasteiger partial charge is 0.253 e. The van der Waals surface area contributed by atoms with Crippen molar-refractivity contribution in [3.05, 3.63) is 64.7 Å². The van der Waals surface area contributed by atoms with E-state index in [2.05, 4.69) is 10.6 Å². The summed E-state index contributed by atoms with van der Waals surface area (Å²) in [6.45, 7) is 1.11. The van der Waals surface area contributed by atoms with Gasteiger partial charge in [0, 0.05) is 31.0 Å². The number of hydrogen-bond acceptors (Lipinski definition) is 4. The second kappa shape index (κ2) is 11.6. The Balaban J connectivity index is 1.84. The predicted molar refractivity (Wildman–Crippen MR) is 112 cm³/mol. The van der Waals surface area contributed by atoms with E-state index in [1.807, 2.05) is 24.3 Å². The maximum absolute atomic E-state index is 12.3. The van der Waals surface area contributed by atoms with Crippen LogP contribution in [0.2, 0.25) is 5.02 Å². The number of benzene rings is 2. The summed E-state index contributed by atoms with van der Waals surface area (Å²) in [6, 6.07) is 14.5. The summed E-state index contributed by atoms with van der Waals surface area (Å²) in [7, 11) is 1.62. The maximum Gasteiger partial charge on any atom is 0.253 e. The van der Waals surface area contributed by atoms with E-state index >= 15 is 0 Å². The Morgan fingerprint density at radius 1 is 1.11 bits per heavy atom. The van der Waals surface area contributed by atoms with Gasteiger partial charge in [0.2, 0.25) is 5.91 Å². The molecular formula is C20H23ClN2O3S. The molecule has 144 valence electrons. The molecule has 2 rings (SSSR count). The lowest BCUT2D eigenvalue weighted by molar-refractivity contribution is -0.113. The third-order valence-electron chi connectivity index (χ3n) is 3.67. The largest absolute Gasteiger partial charge is 0.385 e. The van der Waals surface area contributed by atoms with E-state index in [-0.39, 0.29) is 11.8 Å². The van der Waals surface area contributed by atoms with Crippen LogP contribution in [0.3, 0.4) is 0 Å². The van der Waals surface area contributed by atoms with Crippen molar-refractivity contribution in [2.75, 3.05) is 31.3 Å². The first-order valence-corrected chi connectivity index (χ1v) is 10.1. The van der Waals surface area contributed by atoms with Crippen molar-refractivity contribution < 1.29 is 14.3 Å². The SMILES string of the molecule is COCCCNC(=O)c1ccccc1NC(=O)CSCc1ccc(Cl)cc1. The molecule has 0 saturated carbocycles. The normalized spacial score (nSPS) is 10.4. The molecule has 7 heteroatoms. The van der Waals surface area contributed by atoms with Gasteiger partial charge in [-0.2, -0.15) is 0 Å². The second-order valence-electron chi connectivity index (χ2n) is 5.82. The Kier molecular flexibility index (Phi) is 9.18. The summed E-state index contributed by atoms with van der Waals surface area (Å²) >= 11 is 7.37. The van der Waals surface area contributed by atoms with E-state index in [0.29, 0.717) is 40.9 Å². The summed E-state index contributed by atoms with van der Waals surface area (Å²) < 4.78 is 4.96. The van der Waals surface area contributed by atoms with Crippen molar-refractivity contribution in [2.24, 2.45) is 0 Å². The van der Waals surface area contributed by atoms with Crippen LogP contribution in [0.5, 0.6) is 0 Å². The Morgan fingerprint density at radius 2 is 1.85 bits per heavy atom. The number of rotatable bonds is 10. The molecule has 0 atom stereocenters. The maximum atomic E-state index is 12.3. The first kappa shape index (κ1) is 21.3. The highest BCUT2D eigenvalue weighted by atomic mass is 35.5. The Morgan fingerprint density at radius 3 is 2.59 bits per heavy atom. The Bertz CT molecular complexity index is 753. The lowest BCUT2D eigenvalue weighted by atomic mass is 10.1. The van der Waals surface area contributed by atoms with Crippen LogP contribution < -0.4 is 10.6 Å². The van der Waals surface area contributed by atoms with E-state index in [1.165, 1.54) is 11.8 Å². The van der Waals surface area contributed by atoms with Crippen LogP contribution in [0.1, 0.15) is 22.3 Å². The first-order chi connectivity index (χ1) is 13.1. The fourth-order valence-corrected chi connectivity index (χ4v) is 3.25. The third kappa shape index (κ3) is 7.62. The van der Waals surface area contributed by atoms with E-state index in [4.69, 9.17) is 16.3 Å². The number of thioether (sulfide) groups is 1. The van der Waals surface area contributed by atoms with E-state index in [0.717, 1.165) is 12.0 Å². The molecule has 2 N–H and O–H groups in total. The van der Waals surface area contributed by atoms with E-state index in [1.54, 1.807) is 31.4 Å². The summed E-state index contributed by atoms with van der Waals surface area (Å²) in [5.41, 5.74) is 2.07. The van der Waals surface area contributed by atoms with Crippen LogP contribution >= 0.6 is 23.4 Å². The average Bonchev–Trinajstić information content (AvgIpc) is 2.67. The van der Waals surface area contributed by atoms with Gasteiger partial charge in [0.1, 0.15) is 0 Å². The van der Waals surface area contributed by atoms with Crippen molar-refractivity contribution in [3.8, 4) is 0 Å². The summed E-state index contributed by atoms with van der Waals surface area (Å²) in [4.78, 5) is 24.5. The van der Waals surface area contributed by atoms with Crippen LogP contribution in [0.25, 0.3) is 0 Å². The van der Waals surface area contributed by atoms with Crippen molar-refractivity contribution in [1.82, 2.24) is 5.32 Å². The molecule has 0 aliphatic rings. The molecule has 0 spiro atoms. The molecule has 0 aliphatic heterocycles. The third-order valence-corrected chi connectivity index (χ3v) is 4.93. The molecule has 2 aromatic rings. The number of ether oxygens (including phenoxy) is 1. The highest BCUT2D eigenvalue weighted by Gasteiger charge is 2.12. The summed E-state index contributed by atoms with van der Waals surface area (Å²) in [5.74, 6) is 0.656. The molecule has 0 aromatic heterocycles. The number of hydrogen-bond donors (Lipinski definition) is 2. The Labute approximate surface area is 168 Å². The van der Waals surface area contributed by atoms with Gasteiger partial charge in [-0.05, 0) is 36.2 Å². The zero-order chi connectivity index (χ0) is 19.5. The molecule has 0 aliphatic carbocycles. The number of carbonyl (C=O) groups excluding carboxylic acids is 2. The van der Waals surface area contributed by atoms with Gasteiger partial charge in [0.25, 0.3) is 5.91 Å². The van der Waals surface area contributed by atoms with Crippen LogP contribution in [0.15, 0.2) is 48.5 Å². The van der Waals surface area contributed by atoms with E-state index < -0.39 is 0 Å². The van der Waals surface area contributed by atoms with Gasteiger partial charge >= 0.3 is 0 Å². The lowest BCUT2D eigenvalue weighted by Gasteiger charge is -2.11. The van der Waals surface area contributed by atoms with Crippen LogP contribution in [-0.2, 0) is 15.3 Å². The summed E-state index contributed by atoms with van der Waals surface area (Å²) in [6.07, 6.45) is 0.734. The molecule has 0 radical (unpaired) electrons. The van der Waals surface area contributed by atoms with Gasteiger partial charge < -0.3 is 15.4 Å².